The summed E-state index contributed by atoms with van der Waals surface area (Å²) in [6.45, 7) is 21.1. The third kappa shape index (κ3) is 7.73. The number of anilines is 1. The van der Waals surface area contributed by atoms with E-state index in [1.165, 1.54) is 12.1 Å². The minimum atomic E-state index is -2.11. The number of halogens is 1. The lowest BCUT2D eigenvalue weighted by atomic mass is 10.1. The average molecular weight is 578 g/mol. The predicted octanol–water partition coefficient (Wildman–Crippen LogP) is 5.02. The van der Waals surface area contributed by atoms with Gasteiger partial charge in [-0.3, -0.25) is 15.0 Å². The highest BCUT2D eigenvalue weighted by Gasteiger charge is 2.46. The summed E-state index contributed by atoms with van der Waals surface area (Å²) < 4.78 is 12.2. The zero-order valence-electron chi connectivity index (χ0n) is 24.9. The van der Waals surface area contributed by atoms with Crippen LogP contribution in [0, 0.1) is 11.3 Å². The van der Waals surface area contributed by atoms with Crippen molar-refractivity contribution in [3.05, 3.63) is 28.3 Å². The number of piperazine rings is 1. The van der Waals surface area contributed by atoms with E-state index in [1.54, 1.807) is 25.7 Å². The molecule has 11 heteroatoms. The van der Waals surface area contributed by atoms with Crippen LogP contribution in [0.4, 0.5) is 10.5 Å². The van der Waals surface area contributed by atoms with E-state index in [1.807, 2.05) is 0 Å². The molecule has 9 nitrogen and oxygen atoms in total. The van der Waals surface area contributed by atoms with Crippen LogP contribution >= 0.6 is 11.6 Å². The second kappa shape index (κ2) is 11.8. The molecule has 0 bridgehead atoms. The van der Waals surface area contributed by atoms with Crippen molar-refractivity contribution < 1.29 is 18.8 Å². The molecular weight excluding hydrogens is 534 g/mol. The van der Waals surface area contributed by atoms with E-state index in [0.717, 1.165) is 26.2 Å². The van der Waals surface area contributed by atoms with Gasteiger partial charge in [0, 0.05) is 39.3 Å². The minimum absolute atomic E-state index is 0.0315. The third-order valence-electron chi connectivity index (χ3n) is 7.85. The number of hydrogen-bond acceptors (Lipinski definition) is 7. The first kappa shape index (κ1) is 31.4. The topological polar surface area (TPSA) is 98.1 Å². The molecule has 2 unspecified atom stereocenters. The van der Waals surface area contributed by atoms with Gasteiger partial charge < -0.3 is 19.0 Å². The number of carbonyl (C=O) groups is 2. The molecule has 3 rings (SSSR count). The standard InChI is InChI=1S/C28H44ClN5O4Si/c1-27(2,3)37-26(36)31-21-15-19(16-30)14-20(24(21)29)25(35)34-17-22(33-12-10-32(7)11-13-33)23(18-34)38-39(8,9)28(4,5)6/h14-15,22-23H,10-13,17-18H2,1-9H3,(H,31,36). The Morgan fingerprint density at radius 3 is 2.23 bits per heavy atom. The predicted molar refractivity (Wildman–Crippen MR) is 157 cm³/mol. The van der Waals surface area contributed by atoms with Gasteiger partial charge in [0.15, 0.2) is 8.32 Å². The van der Waals surface area contributed by atoms with E-state index in [4.69, 9.17) is 20.8 Å². The van der Waals surface area contributed by atoms with E-state index >= 15 is 0 Å². The van der Waals surface area contributed by atoms with Crippen LogP contribution in [0.15, 0.2) is 12.1 Å². The molecule has 39 heavy (non-hydrogen) atoms. The Morgan fingerprint density at radius 1 is 1.08 bits per heavy atom. The number of ether oxygens (including phenoxy) is 1. The fourth-order valence-electron chi connectivity index (χ4n) is 4.62. The van der Waals surface area contributed by atoms with Crippen LogP contribution in [-0.2, 0) is 9.16 Å². The SMILES string of the molecule is CN1CCN(C2CN(C(=O)c3cc(C#N)cc(NC(=O)OC(C)(C)C)c3Cl)CC2O[Si](C)(C)C(C)(C)C)CC1. The maximum absolute atomic E-state index is 13.9. The molecule has 2 aliphatic rings. The molecule has 0 aliphatic carbocycles. The highest BCUT2D eigenvalue weighted by molar-refractivity contribution is 6.74. The quantitative estimate of drug-likeness (QED) is 0.491. The summed E-state index contributed by atoms with van der Waals surface area (Å²) >= 11 is 6.66. The van der Waals surface area contributed by atoms with Gasteiger partial charge in [0.05, 0.1) is 40.1 Å². The lowest BCUT2D eigenvalue weighted by Crippen LogP contribution is -2.55. The van der Waals surface area contributed by atoms with E-state index in [0.29, 0.717) is 13.1 Å². The van der Waals surface area contributed by atoms with Crippen molar-refractivity contribution in [3.8, 4) is 6.07 Å². The molecule has 0 saturated carbocycles. The van der Waals surface area contributed by atoms with Crippen molar-refractivity contribution in [2.75, 3.05) is 51.6 Å². The summed E-state index contributed by atoms with van der Waals surface area (Å²) in [4.78, 5) is 32.9. The largest absolute Gasteiger partial charge is 0.444 e. The van der Waals surface area contributed by atoms with E-state index in [-0.39, 0.29) is 44.9 Å². The molecule has 1 aromatic carbocycles. The first-order chi connectivity index (χ1) is 17.9. The Balaban J connectivity index is 1.90. The highest BCUT2D eigenvalue weighted by atomic mass is 35.5. The van der Waals surface area contributed by atoms with Gasteiger partial charge in [-0.1, -0.05) is 32.4 Å². The molecule has 2 saturated heterocycles. The number of amides is 2. The van der Waals surface area contributed by atoms with Crippen LogP contribution in [-0.4, -0.2) is 99.1 Å². The summed E-state index contributed by atoms with van der Waals surface area (Å²) in [6, 6.07) is 5.07. The van der Waals surface area contributed by atoms with Crippen molar-refractivity contribution in [1.29, 1.82) is 5.26 Å². The van der Waals surface area contributed by atoms with Gasteiger partial charge >= 0.3 is 6.09 Å². The normalized spacial score (nSPS) is 21.5. The lowest BCUT2D eigenvalue weighted by Gasteiger charge is -2.43. The summed E-state index contributed by atoms with van der Waals surface area (Å²) in [5.41, 5.74) is -0.156. The van der Waals surface area contributed by atoms with Crippen molar-refractivity contribution in [1.82, 2.24) is 14.7 Å². The third-order valence-corrected chi connectivity index (χ3v) is 12.8. The van der Waals surface area contributed by atoms with Gasteiger partial charge in [0.2, 0.25) is 0 Å². The van der Waals surface area contributed by atoms with Gasteiger partial charge in [-0.05, 0) is 58.1 Å². The molecule has 2 amide bonds. The van der Waals surface area contributed by atoms with Gasteiger partial charge in [-0.2, -0.15) is 5.26 Å². The van der Waals surface area contributed by atoms with Gasteiger partial charge in [0.25, 0.3) is 5.91 Å². The van der Waals surface area contributed by atoms with Crippen molar-refractivity contribution in [3.63, 3.8) is 0 Å². The Kier molecular flexibility index (Phi) is 9.45. The van der Waals surface area contributed by atoms with Crippen LogP contribution in [0.2, 0.25) is 23.2 Å². The zero-order valence-corrected chi connectivity index (χ0v) is 26.6. The van der Waals surface area contributed by atoms with Gasteiger partial charge in [0.1, 0.15) is 5.60 Å². The van der Waals surface area contributed by atoms with Crippen molar-refractivity contribution >= 4 is 37.6 Å². The first-order valence-electron chi connectivity index (χ1n) is 13.5. The summed E-state index contributed by atoms with van der Waals surface area (Å²) in [6.07, 6.45) is -0.840. The van der Waals surface area contributed by atoms with E-state index < -0.39 is 20.0 Å². The summed E-state index contributed by atoms with van der Waals surface area (Å²) in [7, 11) is 0.0127. The summed E-state index contributed by atoms with van der Waals surface area (Å²) in [5, 5.41) is 12.3. The molecule has 216 valence electrons. The number of likely N-dealkylation sites (tertiary alicyclic amines) is 1. The number of rotatable bonds is 5. The molecule has 2 atom stereocenters. The van der Waals surface area contributed by atoms with Gasteiger partial charge in [-0.15, -0.1) is 0 Å². The molecule has 1 N–H and O–H groups in total. The van der Waals surface area contributed by atoms with E-state index in [2.05, 4.69) is 62.1 Å². The lowest BCUT2D eigenvalue weighted by molar-refractivity contribution is 0.0561. The number of nitrogens with zero attached hydrogens (tertiary/aromatic N) is 4. The van der Waals surface area contributed by atoms with Gasteiger partial charge in [-0.25, -0.2) is 4.79 Å². The Labute approximate surface area is 239 Å². The van der Waals surface area contributed by atoms with Crippen LogP contribution in [0.5, 0.6) is 0 Å². The fraction of sp³-hybridized carbons (Fsp3) is 0.679. The fourth-order valence-corrected chi connectivity index (χ4v) is 6.20. The second-order valence-corrected chi connectivity index (χ2v) is 18.3. The Morgan fingerprint density at radius 2 is 1.69 bits per heavy atom. The number of likely N-dealkylation sites (N-methyl/N-ethyl adjacent to an activating group) is 1. The number of nitrogens with one attached hydrogen (secondary N) is 1. The van der Waals surface area contributed by atoms with Crippen LogP contribution in [0.3, 0.4) is 0 Å². The molecule has 1 aromatic rings. The minimum Gasteiger partial charge on any atom is -0.444 e. The Bertz CT molecular complexity index is 1120. The highest BCUT2D eigenvalue weighted by Crippen LogP contribution is 2.39. The number of benzene rings is 1. The van der Waals surface area contributed by atoms with Crippen LogP contribution < -0.4 is 5.32 Å². The molecule has 0 aromatic heterocycles. The number of nitriles is 1. The molecule has 0 spiro atoms. The smallest absolute Gasteiger partial charge is 0.412 e. The molecule has 0 radical (unpaired) electrons. The summed E-state index contributed by atoms with van der Waals surface area (Å²) in [5.74, 6) is -0.287. The molecule has 2 heterocycles. The zero-order chi connectivity index (χ0) is 29.3. The van der Waals surface area contributed by atoms with Crippen LogP contribution in [0.25, 0.3) is 0 Å². The van der Waals surface area contributed by atoms with Crippen molar-refractivity contribution in [2.45, 2.75) is 77.4 Å². The molecule has 2 aliphatic heterocycles. The van der Waals surface area contributed by atoms with Crippen LogP contribution in [0.1, 0.15) is 57.5 Å². The molecular formula is C28H44ClN5O4Si. The maximum Gasteiger partial charge on any atom is 0.412 e. The Hall–Kier alpha value is -2.16. The average Bonchev–Trinajstić information content (AvgIpc) is 3.21. The second-order valence-electron chi connectivity index (χ2n) is 13.2. The maximum atomic E-state index is 13.9. The number of carbonyl (C=O) groups excluding carboxylic acids is 2. The molecule has 2 fully saturated rings. The van der Waals surface area contributed by atoms with Crippen molar-refractivity contribution in [2.24, 2.45) is 0 Å². The number of hydrogen-bond donors (Lipinski definition) is 1. The first-order valence-corrected chi connectivity index (χ1v) is 16.8. The van der Waals surface area contributed by atoms with E-state index in [9.17, 15) is 14.9 Å². The monoisotopic (exact) mass is 577 g/mol.